The van der Waals surface area contributed by atoms with Gasteiger partial charge in [-0.2, -0.15) is 0 Å². The van der Waals surface area contributed by atoms with Crippen molar-refractivity contribution in [3.63, 3.8) is 0 Å². The molecule has 26 nitrogen and oxygen atoms in total. The smallest absolute Gasteiger partial charge is 0.245 e. The van der Waals surface area contributed by atoms with Gasteiger partial charge in [-0.3, -0.25) is 57.7 Å². The number of nitrogens with zero attached hydrogens (tertiary/aromatic N) is 4. The van der Waals surface area contributed by atoms with Gasteiger partial charge >= 0.3 is 0 Å². The predicted molar refractivity (Wildman–Crippen MR) is 274 cm³/mol. The highest BCUT2D eigenvalue weighted by molar-refractivity contribution is 5.99. The Morgan fingerprint density at radius 1 is 0.676 bits per heavy atom. The third-order valence-electron chi connectivity index (χ3n) is 13.2. The summed E-state index contributed by atoms with van der Waals surface area (Å²) in [6.45, 7) is 15.5. The molecule has 0 bridgehead atoms. The second-order valence-corrected chi connectivity index (χ2v) is 19.5. The van der Waals surface area contributed by atoms with Crippen molar-refractivity contribution >= 4 is 70.9 Å². The largest absolute Gasteiger partial charge is 0.391 e. The molecule has 14 N–H and O–H groups in total. The summed E-state index contributed by atoms with van der Waals surface area (Å²) >= 11 is 0. The van der Waals surface area contributed by atoms with E-state index in [1.54, 1.807) is 48.5 Å². The molecule has 1 aliphatic rings. The predicted octanol–water partition coefficient (Wildman–Crippen LogP) is -3.20. The van der Waals surface area contributed by atoms with Gasteiger partial charge in [0.1, 0.15) is 48.3 Å². The molecule has 0 saturated carbocycles. The number of hydrogen-bond donors (Lipinski definition) is 11. The van der Waals surface area contributed by atoms with E-state index in [4.69, 9.17) is 17.2 Å². The lowest BCUT2D eigenvalue weighted by molar-refractivity contribution is -0.147. The monoisotopic (exact) mass is 1050 g/mol. The zero-order valence-electron chi connectivity index (χ0n) is 45.4. The highest BCUT2D eigenvalue weighted by atomic mass is 16.3. The van der Waals surface area contributed by atoms with Crippen molar-refractivity contribution in [3.05, 3.63) is 0 Å². The number of likely N-dealkylation sites (tertiary alicyclic amines) is 1. The van der Waals surface area contributed by atoms with E-state index in [1.807, 2.05) is 0 Å². The molecule has 1 aliphatic heterocycles. The van der Waals surface area contributed by atoms with E-state index in [0.717, 1.165) is 4.90 Å². The lowest BCUT2D eigenvalue weighted by atomic mass is 9.95. The SMILES string of the molecule is CCC[C@H](NC(=O)[C@@H](NC(=O)[C@H](NC(=O)[C@@H](NC(=O)CNC(=O)CN(C)C(C)=O)C(C)C)[C@@H](C)CC)[C@@H](C)O)C(=O)N[C@H](C(=O)N[C@@H](CCCN=C(N)N)C(=O)N1CCC[C@H]1C(=O)N(C)[C@H](C)C(N)=O)[C@@H](C)CC. The fourth-order valence-electron chi connectivity index (χ4n) is 7.82. The van der Waals surface area contributed by atoms with Crippen molar-refractivity contribution < 1.29 is 57.8 Å². The fraction of sp³-hybridized carbons (Fsp3) is 0.750. The number of primary amides is 1. The van der Waals surface area contributed by atoms with E-state index in [-0.39, 0.29) is 50.8 Å². The Labute approximate surface area is 435 Å². The van der Waals surface area contributed by atoms with Crippen molar-refractivity contribution in [1.82, 2.24) is 51.9 Å². The minimum Gasteiger partial charge on any atom is -0.391 e. The van der Waals surface area contributed by atoms with Crippen molar-refractivity contribution in [2.75, 3.05) is 40.3 Å². The summed E-state index contributed by atoms with van der Waals surface area (Å²) in [6.07, 6.45) is 0.679. The summed E-state index contributed by atoms with van der Waals surface area (Å²) < 4.78 is 0. The lowest BCUT2D eigenvalue weighted by Crippen LogP contribution is -2.63. The molecular formula is C48H86N14O12. The molecule has 0 aromatic rings. The summed E-state index contributed by atoms with van der Waals surface area (Å²) in [5, 5.41) is 29.1. The minimum absolute atomic E-state index is 0.0366. The van der Waals surface area contributed by atoms with Crippen LogP contribution < -0.4 is 54.4 Å². The van der Waals surface area contributed by atoms with Crippen LogP contribution in [0.5, 0.6) is 0 Å². The summed E-state index contributed by atoms with van der Waals surface area (Å²) in [5.74, 6) is -9.29. The second kappa shape index (κ2) is 31.9. The summed E-state index contributed by atoms with van der Waals surface area (Å²) in [4.78, 5) is 154. The van der Waals surface area contributed by atoms with Gasteiger partial charge in [-0.25, -0.2) is 0 Å². The van der Waals surface area contributed by atoms with Gasteiger partial charge in [-0.05, 0) is 63.7 Å². The van der Waals surface area contributed by atoms with Crippen LogP contribution in [-0.4, -0.2) is 185 Å². The molecule has 0 spiro atoms. The highest BCUT2D eigenvalue weighted by Gasteiger charge is 2.42. The van der Waals surface area contributed by atoms with Crippen molar-refractivity contribution in [1.29, 1.82) is 0 Å². The first-order valence-corrected chi connectivity index (χ1v) is 25.4. The molecule has 0 aliphatic carbocycles. The van der Waals surface area contributed by atoms with Crippen LogP contribution in [0.25, 0.3) is 0 Å². The molecular weight excluding hydrogens is 965 g/mol. The van der Waals surface area contributed by atoms with Gasteiger partial charge in [0.25, 0.3) is 0 Å². The second-order valence-electron chi connectivity index (χ2n) is 19.5. The number of nitrogens with one attached hydrogen (secondary N) is 7. The molecule has 420 valence electrons. The Bertz CT molecular complexity index is 2000. The number of rotatable bonds is 31. The Morgan fingerprint density at radius 2 is 1.19 bits per heavy atom. The van der Waals surface area contributed by atoms with E-state index in [2.05, 4.69) is 42.2 Å². The van der Waals surface area contributed by atoms with E-state index in [1.165, 1.54) is 44.7 Å². The molecule has 1 heterocycles. The molecule has 1 saturated heterocycles. The van der Waals surface area contributed by atoms with Crippen LogP contribution in [0, 0.1) is 17.8 Å². The molecule has 0 aromatic carbocycles. The molecule has 26 heteroatoms. The van der Waals surface area contributed by atoms with Gasteiger partial charge in [-0.1, -0.05) is 67.7 Å². The Morgan fingerprint density at radius 3 is 1.69 bits per heavy atom. The average Bonchev–Trinajstić information content (AvgIpc) is 3.83. The first-order chi connectivity index (χ1) is 34.5. The number of aliphatic hydroxyl groups is 1. The van der Waals surface area contributed by atoms with Crippen LogP contribution in [0.4, 0.5) is 0 Å². The Hall–Kier alpha value is -6.60. The van der Waals surface area contributed by atoms with Crippen LogP contribution in [0.2, 0.25) is 0 Å². The van der Waals surface area contributed by atoms with Gasteiger partial charge in [0.2, 0.25) is 65.0 Å². The number of carbonyl (C=O) groups excluding carboxylic acids is 11. The van der Waals surface area contributed by atoms with Crippen molar-refractivity contribution in [2.24, 2.45) is 39.9 Å². The molecule has 11 amide bonds. The molecule has 0 unspecified atom stereocenters. The van der Waals surface area contributed by atoms with E-state index in [9.17, 15) is 57.8 Å². The maximum Gasteiger partial charge on any atom is 0.245 e. The third kappa shape index (κ3) is 20.7. The van der Waals surface area contributed by atoms with Gasteiger partial charge < -0.3 is 74.2 Å². The Balaban J connectivity index is 3.37. The number of aliphatic imine (C=N–C) groups is 1. The van der Waals surface area contributed by atoms with Crippen LogP contribution in [0.1, 0.15) is 121 Å². The summed E-state index contributed by atoms with van der Waals surface area (Å²) in [7, 11) is 2.83. The fourth-order valence-corrected chi connectivity index (χ4v) is 7.82. The number of nitrogens with two attached hydrogens (primary N) is 3. The van der Waals surface area contributed by atoms with E-state index < -0.39 is 138 Å². The quantitative estimate of drug-likeness (QED) is 0.0185. The summed E-state index contributed by atoms with van der Waals surface area (Å²) in [6, 6.07) is -9.75. The number of likely N-dealkylation sites (N-methyl/N-ethyl adjacent to an activating group) is 2. The maximum absolute atomic E-state index is 14.3. The zero-order chi connectivity index (χ0) is 56.7. The molecule has 0 aromatic heterocycles. The van der Waals surface area contributed by atoms with E-state index in [0.29, 0.717) is 32.1 Å². The van der Waals surface area contributed by atoms with Crippen LogP contribution >= 0.6 is 0 Å². The van der Waals surface area contributed by atoms with Gasteiger partial charge in [0.05, 0.1) is 19.2 Å². The molecule has 1 rings (SSSR count). The van der Waals surface area contributed by atoms with Crippen LogP contribution in [0.3, 0.4) is 0 Å². The average molecular weight is 1050 g/mol. The first-order valence-electron chi connectivity index (χ1n) is 25.4. The number of hydrogen-bond acceptors (Lipinski definition) is 13. The number of amides is 11. The highest BCUT2D eigenvalue weighted by Crippen LogP contribution is 2.23. The summed E-state index contributed by atoms with van der Waals surface area (Å²) in [5.41, 5.74) is 16.5. The van der Waals surface area contributed by atoms with Gasteiger partial charge in [-0.15, -0.1) is 0 Å². The standard InChI is InChI=1S/C48H86N14O12/c1-13-18-31(54-45(72)39(29(9)63)59-44(71)38(27(7)15-3)58-42(69)36(25(4)5)56-34(65)23-53-35(66)24-60(11)30(10)64)41(68)57-37(26(6)14-2)43(70)55-32(19-16-21-52-48(50)51)46(73)62-22-17-20-33(62)47(74)61(12)28(8)40(49)67/h25-29,31-33,36-39,63H,13-24H2,1-12H3,(H2,49,67)(H,53,66)(H,54,72)(H,55,70)(H,56,65)(H,57,68)(H,58,69)(H,59,71)(H4,50,51,52)/t26-,27-,28+,29+,31-,32-,33-,36-,37-,38+,39-/m0/s1. The molecule has 1 fully saturated rings. The molecule has 0 radical (unpaired) electrons. The first kappa shape index (κ1) is 65.4. The topological polar surface area (TPSA) is 392 Å². The van der Waals surface area contributed by atoms with Crippen molar-refractivity contribution in [3.8, 4) is 0 Å². The zero-order valence-corrected chi connectivity index (χ0v) is 45.4. The normalized spacial score (nSPS) is 17.2. The maximum atomic E-state index is 14.3. The molecule has 74 heavy (non-hydrogen) atoms. The Kier molecular flexibility index (Phi) is 28.2. The van der Waals surface area contributed by atoms with Gasteiger partial charge in [0, 0.05) is 34.1 Å². The third-order valence-corrected chi connectivity index (χ3v) is 13.2. The van der Waals surface area contributed by atoms with Crippen LogP contribution in [0.15, 0.2) is 4.99 Å². The lowest BCUT2D eigenvalue weighted by Gasteiger charge is -2.33. The minimum atomic E-state index is -1.65. The molecule has 11 atom stereocenters. The number of aliphatic hydroxyl groups excluding tert-OH is 1. The number of carbonyl (C=O) groups is 11. The van der Waals surface area contributed by atoms with Crippen molar-refractivity contribution in [2.45, 2.75) is 175 Å². The van der Waals surface area contributed by atoms with Gasteiger partial charge in [0.15, 0.2) is 5.96 Å². The van der Waals surface area contributed by atoms with E-state index >= 15 is 0 Å². The number of guanidine groups is 1. The van der Waals surface area contributed by atoms with Crippen LogP contribution in [-0.2, 0) is 52.7 Å².